The van der Waals surface area contributed by atoms with Gasteiger partial charge in [0, 0.05) is 38.2 Å². The van der Waals surface area contributed by atoms with Gasteiger partial charge in [-0.2, -0.15) is 0 Å². The average Bonchev–Trinajstić information content (AvgIpc) is 3.06. The number of primary amides is 1. The summed E-state index contributed by atoms with van der Waals surface area (Å²) >= 11 is 0. The molecule has 0 aromatic rings. The molecule has 2 heterocycles. The first kappa shape index (κ1) is 41.4. The second-order valence-electron chi connectivity index (χ2n) is 11.1. The van der Waals surface area contributed by atoms with E-state index in [1.807, 2.05) is 5.32 Å². The van der Waals surface area contributed by atoms with Crippen molar-refractivity contribution in [2.75, 3.05) is 33.4 Å². The molecule has 0 aliphatic carbocycles. The third-order valence-corrected chi connectivity index (χ3v) is 7.29. The van der Waals surface area contributed by atoms with Crippen molar-refractivity contribution in [1.29, 1.82) is 0 Å². The third-order valence-electron chi connectivity index (χ3n) is 7.29. The van der Waals surface area contributed by atoms with Gasteiger partial charge in [-0.3, -0.25) is 33.8 Å². The van der Waals surface area contributed by atoms with E-state index in [-0.39, 0.29) is 31.3 Å². The van der Waals surface area contributed by atoms with Crippen molar-refractivity contribution in [2.24, 2.45) is 32.9 Å². The lowest BCUT2D eigenvalue weighted by Crippen LogP contribution is -2.64. The van der Waals surface area contributed by atoms with E-state index in [4.69, 9.17) is 22.9 Å². The van der Waals surface area contributed by atoms with Crippen molar-refractivity contribution >= 4 is 53.4 Å². The molecule has 0 saturated carbocycles. The SMILES string of the molecule is CN[C@H](CCN=C(N)N)CC(=O)N[C@H]1CNC(=O)[C@@H]([C@@H]2C[C@@H](O)N=C(N)N2)NC(=O)/C(=C/NC(N)=O)NC(=O)[C@@H](CO)NC(=O)[C@@H](CO)NC1=O. The van der Waals surface area contributed by atoms with Crippen LogP contribution in [-0.2, 0) is 28.8 Å². The van der Waals surface area contributed by atoms with Crippen molar-refractivity contribution in [3.63, 3.8) is 0 Å². The highest BCUT2D eigenvalue weighted by Gasteiger charge is 2.37. The number of aliphatic hydroxyl groups is 3. The van der Waals surface area contributed by atoms with Crippen molar-refractivity contribution in [3.8, 4) is 0 Å². The molecule has 1 fully saturated rings. The molecular weight excluding hydrogens is 682 g/mol. The molecule has 2 aliphatic heterocycles. The molecule has 0 aromatic carbocycles. The molecule has 284 valence electrons. The Balaban J connectivity index is 2.53. The van der Waals surface area contributed by atoms with Crippen molar-refractivity contribution in [2.45, 2.75) is 61.7 Å². The van der Waals surface area contributed by atoms with Gasteiger partial charge in [0.2, 0.25) is 29.5 Å². The lowest BCUT2D eigenvalue weighted by atomic mass is 10.0. The highest BCUT2D eigenvalue weighted by molar-refractivity contribution is 6.02. The molecule has 0 radical (unpaired) electrons. The zero-order valence-corrected chi connectivity index (χ0v) is 27.5. The number of amides is 8. The van der Waals surface area contributed by atoms with Crippen LogP contribution < -0.4 is 70.8 Å². The number of guanidine groups is 2. The first-order valence-corrected chi connectivity index (χ1v) is 15.4. The minimum atomic E-state index is -1.79. The van der Waals surface area contributed by atoms with E-state index in [1.165, 1.54) is 0 Å². The Morgan fingerprint density at radius 3 is 2.22 bits per heavy atom. The Morgan fingerprint density at radius 1 is 0.980 bits per heavy atom. The number of nitrogens with one attached hydrogen (secondary N) is 9. The van der Waals surface area contributed by atoms with E-state index in [2.05, 4.69) is 52.5 Å². The van der Waals surface area contributed by atoms with Crippen LogP contribution in [0.2, 0.25) is 0 Å². The summed E-state index contributed by atoms with van der Waals surface area (Å²) < 4.78 is 0. The number of urea groups is 1. The van der Waals surface area contributed by atoms with Crippen molar-refractivity contribution in [3.05, 3.63) is 11.9 Å². The van der Waals surface area contributed by atoms with Crippen LogP contribution in [0, 0.1) is 0 Å². The normalized spacial score (nSPS) is 26.5. The summed E-state index contributed by atoms with van der Waals surface area (Å²) in [6.45, 7) is -2.55. The molecule has 25 nitrogen and oxygen atoms in total. The summed E-state index contributed by atoms with van der Waals surface area (Å²) in [6.07, 6.45) is -0.933. The Kier molecular flexibility index (Phi) is 16.2. The second kappa shape index (κ2) is 20.0. The first-order valence-electron chi connectivity index (χ1n) is 15.4. The maximum absolute atomic E-state index is 13.7. The monoisotopic (exact) mass is 727 g/mol. The summed E-state index contributed by atoms with van der Waals surface area (Å²) in [5.74, 6) is -6.84. The molecule has 1 saturated heterocycles. The zero-order chi connectivity index (χ0) is 38.2. The number of carbonyl (C=O) groups excluding carboxylic acids is 7. The van der Waals surface area contributed by atoms with Crippen molar-refractivity contribution in [1.82, 2.24) is 47.9 Å². The van der Waals surface area contributed by atoms with E-state index in [1.54, 1.807) is 7.05 Å². The summed E-state index contributed by atoms with van der Waals surface area (Å²) in [7, 11) is 1.57. The molecule has 2 rings (SSSR count). The lowest BCUT2D eigenvalue weighted by Gasteiger charge is -2.33. The number of rotatable bonds is 11. The predicted octanol–water partition coefficient (Wildman–Crippen LogP) is -9.70. The zero-order valence-electron chi connectivity index (χ0n) is 27.5. The molecule has 0 bridgehead atoms. The molecule has 51 heavy (non-hydrogen) atoms. The van der Waals surface area contributed by atoms with E-state index in [0.29, 0.717) is 12.6 Å². The van der Waals surface area contributed by atoms with Crippen LogP contribution in [0.1, 0.15) is 19.3 Å². The Bertz CT molecular complexity index is 1400. The third kappa shape index (κ3) is 13.6. The molecule has 0 unspecified atom stereocenters. The maximum atomic E-state index is 13.7. The number of nitrogens with two attached hydrogens (primary N) is 4. The molecule has 7 atom stereocenters. The average molecular weight is 728 g/mol. The Morgan fingerprint density at radius 2 is 1.63 bits per heavy atom. The van der Waals surface area contributed by atoms with E-state index in [9.17, 15) is 48.9 Å². The highest BCUT2D eigenvalue weighted by Crippen LogP contribution is 2.11. The molecule has 2 aliphatic rings. The van der Waals surface area contributed by atoms with E-state index < -0.39 is 109 Å². The van der Waals surface area contributed by atoms with Crippen LogP contribution in [0.25, 0.3) is 0 Å². The van der Waals surface area contributed by atoms with Gasteiger partial charge in [-0.1, -0.05) is 0 Å². The van der Waals surface area contributed by atoms with Gasteiger partial charge in [0.1, 0.15) is 29.9 Å². The van der Waals surface area contributed by atoms with Gasteiger partial charge >= 0.3 is 6.03 Å². The van der Waals surface area contributed by atoms with Gasteiger partial charge in [-0.15, -0.1) is 0 Å². The molecular formula is C26H45N15O10. The quantitative estimate of drug-likeness (QED) is 0.0534. The van der Waals surface area contributed by atoms with Gasteiger partial charge in [0.15, 0.2) is 18.1 Å². The van der Waals surface area contributed by atoms with Gasteiger partial charge < -0.3 is 86.1 Å². The second-order valence-corrected chi connectivity index (χ2v) is 11.1. The topological polar surface area (TPSA) is 417 Å². The molecule has 0 spiro atoms. The summed E-state index contributed by atoms with van der Waals surface area (Å²) in [5.41, 5.74) is 20.8. The predicted molar refractivity (Wildman–Crippen MR) is 176 cm³/mol. The number of hydrogen-bond acceptors (Lipinski definition) is 15. The molecule has 0 aromatic heterocycles. The summed E-state index contributed by atoms with van der Waals surface area (Å²) in [4.78, 5) is 98.5. The fraction of sp³-hybridized carbons (Fsp3) is 0.577. The molecule has 8 amide bonds. The van der Waals surface area contributed by atoms with Gasteiger partial charge in [0.25, 0.3) is 5.91 Å². The van der Waals surface area contributed by atoms with E-state index >= 15 is 0 Å². The Labute approximate surface area is 290 Å². The molecule has 20 N–H and O–H groups in total. The standard InChI is InChI=1S/C26H45N15O10/c1-31-10(2-3-32-24(27)28)4-16(44)35-12-6-33-23(50)18(11-5-17(45)40-25(29)39-11)41-20(47)13(7-34-26(30)51)36-21(48)14(8-42)38-22(49)15(9-43)37-19(12)46/h7,10-12,14-15,17-18,31,42-43,45H,2-6,8-9H2,1H3,(H,33,50)(H,35,44)(H,36,48)(H,37,46)(H,38,49)(H,41,47)(H4,27,28,32)(H3,29,39,40)(H3,30,34,51)/b13-7-/t10-,11+,12+,14-,15-,17-,18-/m1/s1. The van der Waals surface area contributed by atoms with Crippen LogP contribution in [0.4, 0.5) is 4.79 Å². The van der Waals surface area contributed by atoms with Gasteiger partial charge in [-0.05, 0) is 13.5 Å². The lowest BCUT2D eigenvalue weighted by molar-refractivity contribution is -0.135. The van der Waals surface area contributed by atoms with Crippen LogP contribution in [0.15, 0.2) is 21.9 Å². The largest absolute Gasteiger partial charge is 0.394 e. The Hall–Kier alpha value is -5.79. The number of carbonyl (C=O) groups is 7. The number of aliphatic hydroxyl groups excluding tert-OH is 3. The summed E-state index contributed by atoms with van der Waals surface area (Å²) in [5, 5.41) is 51.0. The minimum absolute atomic E-state index is 0.154. The minimum Gasteiger partial charge on any atom is -0.394 e. The maximum Gasteiger partial charge on any atom is 0.316 e. The van der Waals surface area contributed by atoms with Gasteiger partial charge in [0.05, 0.1) is 19.3 Å². The number of aliphatic imine (C=N–C) groups is 2. The highest BCUT2D eigenvalue weighted by atomic mass is 16.3. The smallest absolute Gasteiger partial charge is 0.316 e. The fourth-order valence-corrected chi connectivity index (χ4v) is 4.67. The van der Waals surface area contributed by atoms with Crippen LogP contribution in [-0.4, -0.2) is 145 Å². The first-order chi connectivity index (χ1) is 24.1. The number of nitrogens with zero attached hydrogens (tertiary/aromatic N) is 2. The van der Waals surface area contributed by atoms with Gasteiger partial charge in [-0.25, -0.2) is 9.79 Å². The number of hydrogen-bond donors (Lipinski definition) is 16. The molecule has 25 heteroatoms. The van der Waals surface area contributed by atoms with Crippen LogP contribution in [0.5, 0.6) is 0 Å². The fourth-order valence-electron chi connectivity index (χ4n) is 4.67. The van der Waals surface area contributed by atoms with Crippen molar-refractivity contribution < 1.29 is 48.9 Å². The van der Waals surface area contributed by atoms with Crippen LogP contribution in [0.3, 0.4) is 0 Å². The summed E-state index contributed by atoms with van der Waals surface area (Å²) in [6, 6.07) is -9.59. The van der Waals surface area contributed by atoms with Crippen LogP contribution >= 0.6 is 0 Å². The van der Waals surface area contributed by atoms with E-state index in [0.717, 1.165) is 0 Å².